The number of hydrogen-bond acceptors (Lipinski definition) is 5. The summed E-state index contributed by atoms with van der Waals surface area (Å²) in [6.07, 6.45) is 0. The van der Waals surface area contributed by atoms with Crippen molar-refractivity contribution in [2.75, 3.05) is 6.61 Å². The highest BCUT2D eigenvalue weighted by molar-refractivity contribution is 7.89. The van der Waals surface area contributed by atoms with Crippen molar-refractivity contribution in [3.63, 3.8) is 0 Å². The number of aromatic carboxylic acids is 1. The highest BCUT2D eigenvalue weighted by atomic mass is 32.2. The number of nitrogens with one attached hydrogen (secondary N) is 1. The second-order valence-electron chi connectivity index (χ2n) is 4.48. The lowest BCUT2D eigenvalue weighted by molar-refractivity contribution is 0.0661. The first-order chi connectivity index (χ1) is 8.09. The number of sulfonamides is 1. The van der Waals surface area contributed by atoms with Gasteiger partial charge >= 0.3 is 5.97 Å². The molecule has 0 aliphatic carbocycles. The second-order valence-corrected chi connectivity index (χ2v) is 6.13. The average molecular weight is 277 g/mol. The summed E-state index contributed by atoms with van der Waals surface area (Å²) in [6.45, 7) is 3.96. The largest absolute Gasteiger partial charge is 0.475 e. The van der Waals surface area contributed by atoms with Crippen LogP contribution in [0.4, 0.5) is 0 Å². The van der Waals surface area contributed by atoms with E-state index in [4.69, 9.17) is 14.6 Å². The first-order valence-electron chi connectivity index (χ1n) is 5.07. The smallest absolute Gasteiger partial charge is 0.371 e. The third kappa shape index (κ3) is 3.09. The lowest BCUT2D eigenvalue weighted by atomic mass is 10.1. The van der Waals surface area contributed by atoms with Crippen LogP contribution in [0.25, 0.3) is 0 Å². The zero-order valence-electron chi connectivity index (χ0n) is 10.2. The summed E-state index contributed by atoms with van der Waals surface area (Å²) in [5, 5.41) is 17.7. The van der Waals surface area contributed by atoms with Gasteiger partial charge in [0.1, 0.15) is 10.7 Å². The lowest BCUT2D eigenvalue weighted by Gasteiger charge is -2.22. The van der Waals surface area contributed by atoms with Crippen LogP contribution < -0.4 is 4.72 Å². The van der Waals surface area contributed by atoms with Crippen molar-refractivity contribution in [1.29, 1.82) is 0 Å². The molecule has 1 rings (SSSR count). The number of rotatable bonds is 5. The Kier molecular flexibility index (Phi) is 3.84. The van der Waals surface area contributed by atoms with E-state index >= 15 is 0 Å². The Morgan fingerprint density at radius 1 is 1.50 bits per heavy atom. The number of carboxylic acids is 1. The molecule has 0 saturated carbocycles. The van der Waals surface area contributed by atoms with Crippen LogP contribution >= 0.6 is 0 Å². The van der Waals surface area contributed by atoms with E-state index in [1.807, 2.05) is 0 Å². The summed E-state index contributed by atoms with van der Waals surface area (Å²) < 4.78 is 31.1. The van der Waals surface area contributed by atoms with Gasteiger partial charge in [0.15, 0.2) is 0 Å². The zero-order valence-corrected chi connectivity index (χ0v) is 11.0. The molecule has 102 valence electrons. The van der Waals surface area contributed by atoms with Crippen LogP contribution in [-0.2, 0) is 10.0 Å². The molecule has 1 aromatic heterocycles. The van der Waals surface area contributed by atoms with E-state index in [-0.39, 0.29) is 10.7 Å². The Morgan fingerprint density at radius 2 is 2.06 bits per heavy atom. The van der Waals surface area contributed by atoms with Gasteiger partial charge in [-0.1, -0.05) is 0 Å². The van der Waals surface area contributed by atoms with Gasteiger partial charge in [0.25, 0.3) is 0 Å². The summed E-state index contributed by atoms with van der Waals surface area (Å²) in [5.74, 6) is -1.82. The number of aliphatic hydroxyl groups is 1. The molecule has 0 spiro atoms. The minimum absolute atomic E-state index is 0.0198. The Labute approximate surface area is 104 Å². The van der Waals surface area contributed by atoms with Crippen molar-refractivity contribution in [2.45, 2.75) is 31.2 Å². The predicted molar refractivity (Wildman–Crippen MR) is 61.9 cm³/mol. The van der Waals surface area contributed by atoms with Crippen molar-refractivity contribution in [3.05, 3.63) is 17.6 Å². The van der Waals surface area contributed by atoms with E-state index in [0.29, 0.717) is 0 Å². The number of aryl methyl sites for hydroxylation is 1. The minimum atomic E-state index is -3.94. The molecule has 0 fully saturated rings. The first-order valence-corrected chi connectivity index (χ1v) is 6.56. The lowest BCUT2D eigenvalue weighted by Crippen LogP contribution is -2.46. The summed E-state index contributed by atoms with van der Waals surface area (Å²) >= 11 is 0. The Morgan fingerprint density at radius 3 is 2.44 bits per heavy atom. The molecule has 1 aromatic rings. The van der Waals surface area contributed by atoms with Gasteiger partial charge in [0.05, 0.1) is 12.1 Å². The van der Waals surface area contributed by atoms with Crippen molar-refractivity contribution in [2.24, 2.45) is 0 Å². The average Bonchev–Trinajstić information content (AvgIpc) is 2.60. The van der Waals surface area contributed by atoms with Crippen LogP contribution in [0, 0.1) is 6.92 Å². The molecule has 0 atom stereocenters. The molecule has 7 nitrogen and oxygen atoms in total. The number of furan rings is 1. The topological polar surface area (TPSA) is 117 Å². The van der Waals surface area contributed by atoms with E-state index in [1.165, 1.54) is 20.8 Å². The van der Waals surface area contributed by atoms with Gasteiger partial charge in [-0.3, -0.25) is 0 Å². The van der Waals surface area contributed by atoms with Crippen LogP contribution in [0.1, 0.15) is 30.2 Å². The van der Waals surface area contributed by atoms with Crippen LogP contribution in [-0.4, -0.2) is 36.7 Å². The molecule has 0 unspecified atom stereocenters. The molecule has 0 aliphatic heterocycles. The summed E-state index contributed by atoms with van der Waals surface area (Å²) in [7, 11) is -3.94. The Balaban J connectivity index is 3.17. The van der Waals surface area contributed by atoms with E-state index in [0.717, 1.165) is 6.07 Å². The van der Waals surface area contributed by atoms with Crippen molar-refractivity contribution in [1.82, 2.24) is 4.72 Å². The second kappa shape index (κ2) is 4.71. The third-order valence-electron chi connectivity index (χ3n) is 2.18. The molecule has 0 amide bonds. The van der Waals surface area contributed by atoms with E-state index in [9.17, 15) is 13.2 Å². The minimum Gasteiger partial charge on any atom is -0.475 e. The van der Waals surface area contributed by atoms with Gasteiger partial charge in [-0.15, -0.1) is 0 Å². The van der Waals surface area contributed by atoms with E-state index < -0.39 is 33.9 Å². The third-order valence-corrected chi connectivity index (χ3v) is 3.98. The zero-order chi connectivity index (χ0) is 14.1. The van der Waals surface area contributed by atoms with Gasteiger partial charge in [-0.25, -0.2) is 17.9 Å². The maximum absolute atomic E-state index is 12.0. The predicted octanol–water partition coefficient (Wildman–Crippen LogP) is 0.335. The molecule has 0 saturated heterocycles. The van der Waals surface area contributed by atoms with Crippen LogP contribution in [0.2, 0.25) is 0 Å². The highest BCUT2D eigenvalue weighted by Gasteiger charge is 2.29. The van der Waals surface area contributed by atoms with Crippen molar-refractivity contribution >= 4 is 16.0 Å². The molecule has 3 N–H and O–H groups in total. The number of hydrogen-bond donors (Lipinski definition) is 3. The van der Waals surface area contributed by atoms with E-state index in [2.05, 4.69) is 4.72 Å². The molecular weight excluding hydrogens is 262 g/mol. The fourth-order valence-electron chi connectivity index (χ4n) is 1.29. The maximum atomic E-state index is 12.0. The van der Waals surface area contributed by atoms with Crippen LogP contribution in [0.3, 0.4) is 0 Å². The standard InChI is InChI=1S/C10H15NO6S/c1-6-8(4-7(17-6)9(13)14)18(15,16)11-10(2,3)5-12/h4,11-12H,5H2,1-3H3,(H,13,14). The van der Waals surface area contributed by atoms with Gasteiger partial charge in [-0.2, -0.15) is 0 Å². The Hall–Kier alpha value is -1.38. The monoisotopic (exact) mass is 277 g/mol. The number of carboxylic acid groups (broad SMARTS) is 1. The van der Waals surface area contributed by atoms with Gasteiger partial charge in [0.2, 0.25) is 15.8 Å². The molecule has 18 heavy (non-hydrogen) atoms. The van der Waals surface area contributed by atoms with Gasteiger partial charge in [0, 0.05) is 6.07 Å². The van der Waals surface area contributed by atoms with E-state index in [1.54, 1.807) is 0 Å². The first kappa shape index (κ1) is 14.7. The molecular formula is C10H15NO6S. The Bertz CT molecular complexity index is 557. The normalized spacial score (nSPS) is 12.7. The summed E-state index contributed by atoms with van der Waals surface area (Å²) in [6, 6.07) is 0.938. The quantitative estimate of drug-likeness (QED) is 0.714. The van der Waals surface area contributed by atoms with Crippen LogP contribution in [0.5, 0.6) is 0 Å². The fourth-order valence-corrected chi connectivity index (χ4v) is 2.87. The molecule has 0 radical (unpaired) electrons. The molecule has 1 heterocycles. The van der Waals surface area contributed by atoms with Crippen molar-refractivity contribution < 1.29 is 27.8 Å². The number of aliphatic hydroxyl groups excluding tert-OH is 1. The fraction of sp³-hybridized carbons (Fsp3) is 0.500. The van der Waals surface area contributed by atoms with Gasteiger partial charge in [-0.05, 0) is 20.8 Å². The van der Waals surface area contributed by atoms with Gasteiger partial charge < -0.3 is 14.6 Å². The maximum Gasteiger partial charge on any atom is 0.371 e. The van der Waals surface area contributed by atoms with Crippen LogP contribution in [0.15, 0.2) is 15.4 Å². The molecule has 0 aliphatic rings. The van der Waals surface area contributed by atoms with Crippen molar-refractivity contribution in [3.8, 4) is 0 Å². The molecule has 0 aromatic carbocycles. The number of carbonyl (C=O) groups is 1. The molecule has 0 bridgehead atoms. The summed E-state index contributed by atoms with van der Waals surface area (Å²) in [5.41, 5.74) is -1.05. The summed E-state index contributed by atoms with van der Waals surface area (Å²) in [4.78, 5) is 10.4. The highest BCUT2D eigenvalue weighted by Crippen LogP contribution is 2.21. The molecule has 8 heteroatoms. The SMILES string of the molecule is Cc1oc(C(=O)O)cc1S(=O)(=O)NC(C)(C)CO.